The topological polar surface area (TPSA) is 55.8 Å². The first-order chi connectivity index (χ1) is 16.0. The summed E-state index contributed by atoms with van der Waals surface area (Å²) in [7, 11) is 2.36. The molecule has 2 aliphatic carbocycles. The number of likely N-dealkylation sites (N-methyl/N-ethyl adjacent to an activating group) is 1. The number of aryl methyl sites for hydroxylation is 1. The summed E-state index contributed by atoms with van der Waals surface area (Å²) >= 11 is 0. The van der Waals surface area contributed by atoms with Crippen LogP contribution in [0.1, 0.15) is 49.3 Å². The lowest BCUT2D eigenvalue weighted by molar-refractivity contribution is -0.947. The Morgan fingerprint density at radius 3 is 2.79 bits per heavy atom. The van der Waals surface area contributed by atoms with Crippen molar-refractivity contribution >= 4 is 5.78 Å². The molecule has 2 aliphatic heterocycles. The number of ether oxygens (including phenoxy) is 2. The molecule has 1 saturated carbocycles. The second-order valence-corrected chi connectivity index (χ2v) is 10.7. The molecule has 1 N–H and O–H groups in total. The second-order valence-electron chi connectivity index (χ2n) is 10.7. The van der Waals surface area contributed by atoms with Crippen LogP contribution in [-0.4, -0.2) is 59.9 Å². The monoisotopic (exact) mass is 448 g/mol. The molecule has 5 heteroatoms. The molecule has 5 nitrogen and oxygen atoms in total. The summed E-state index contributed by atoms with van der Waals surface area (Å²) in [4.78, 5) is 13.3. The van der Waals surface area contributed by atoms with Crippen molar-refractivity contribution in [3.05, 3.63) is 59.2 Å². The molecule has 2 heterocycles. The van der Waals surface area contributed by atoms with Gasteiger partial charge >= 0.3 is 0 Å². The quantitative estimate of drug-likeness (QED) is 0.537. The Kier molecular flexibility index (Phi) is 4.69. The zero-order valence-electron chi connectivity index (χ0n) is 19.7. The first kappa shape index (κ1) is 21.2. The molecule has 0 amide bonds. The summed E-state index contributed by atoms with van der Waals surface area (Å²) in [6.45, 7) is 4.98. The average molecular weight is 449 g/mol. The molecule has 1 spiro atoms. The molecule has 2 aromatic rings. The Morgan fingerprint density at radius 2 is 2.00 bits per heavy atom. The molecule has 1 saturated heterocycles. The lowest BCUT2D eigenvalue weighted by atomic mass is 9.48. The van der Waals surface area contributed by atoms with E-state index in [2.05, 4.69) is 50.4 Å². The maximum absolute atomic E-state index is 13.3. The number of hydrogen-bond donors (Lipinski definition) is 1. The van der Waals surface area contributed by atoms with Crippen molar-refractivity contribution in [2.24, 2.45) is 0 Å². The normalized spacial score (nSPS) is 35.8. The van der Waals surface area contributed by atoms with E-state index >= 15 is 0 Å². The van der Waals surface area contributed by atoms with E-state index in [9.17, 15) is 9.90 Å². The Bertz CT molecular complexity index is 1100. The highest BCUT2D eigenvalue weighted by Gasteiger charge is 2.77. The Labute approximate surface area is 195 Å². The maximum Gasteiger partial charge on any atom is 0.174 e. The van der Waals surface area contributed by atoms with Gasteiger partial charge in [0.15, 0.2) is 23.4 Å². The van der Waals surface area contributed by atoms with Gasteiger partial charge in [0.1, 0.15) is 11.6 Å². The van der Waals surface area contributed by atoms with E-state index in [4.69, 9.17) is 9.47 Å². The number of phenolic OH excluding ortho intramolecular Hbond substituents is 1. The van der Waals surface area contributed by atoms with E-state index in [1.165, 1.54) is 11.1 Å². The fourth-order valence-electron chi connectivity index (χ4n) is 7.64. The minimum Gasteiger partial charge on any atom is -0.504 e. The molecular weight excluding hydrogens is 414 g/mol. The number of carbonyl (C=O) groups is 1. The fraction of sp³-hybridized carbons (Fsp3) is 0.536. The number of Topliss-reactive ketones (excluding diaryl/α,β-unsaturated/α-hetero) is 1. The van der Waals surface area contributed by atoms with Crippen LogP contribution in [0.5, 0.6) is 11.5 Å². The summed E-state index contributed by atoms with van der Waals surface area (Å²) in [5.41, 5.74) is 2.69. The van der Waals surface area contributed by atoms with E-state index in [1.54, 1.807) is 6.07 Å². The zero-order chi connectivity index (χ0) is 22.8. The minimum atomic E-state index is -0.546. The third kappa shape index (κ3) is 2.69. The van der Waals surface area contributed by atoms with Crippen LogP contribution in [0.4, 0.5) is 0 Å². The molecule has 6 rings (SSSR count). The predicted octanol–water partition coefficient (Wildman–Crippen LogP) is 3.94. The smallest absolute Gasteiger partial charge is 0.174 e. The Morgan fingerprint density at radius 1 is 1.18 bits per heavy atom. The first-order valence-corrected chi connectivity index (χ1v) is 12.5. The van der Waals surface area contributed by atoms with E-state index in [0.717, 1.165) is 55.2 Å². The first-order valence-electron chi connectivity index (χ1n) is 12.5. The number of nitrogens with zero attached hydrogens (tertiary/aromatic N) is 1. The number of ketones is 1. The molecule has 33 heavy (non-hydrogen) atoms. The molecule has 2 aromatic carbocycles. The number of phenols is 1. The number of aromatic hydroxyl groups is 1. The van der Waals surface area contributed by atoms with Crippen molar-refractivity contribution in [3.8, 4) is 11.5 Å². The SMILES string of the molecule is CC[N+]1(C)CC[C@]23c4c5ccc(O)c4O[C@H]2C(=O)CC[C@@]3(OCCCc2ccccc2)[C@H]1C5. The lowest BCUT2D eigenvalue weighted by Crippen LogP contribution is -2.81. The van der Waals surface area contributed by atoms with E-state index in [-0.39, 0.29) is 17.6 Å². The summed E-state index contributed by atoms with van der Waals surface area (Å²) in [6, 6.07) is 14.6. The van der Waals surface area contributed by atoms with E-state index < -0.39 is 17.1 Å². The van der Waals surface area contributed by atoms with Crippen molar-refractivity contribution in [2.45, 2.75) is 68.6 Å². The van der Waals surface area contributed by atoms with Crippen molar-refractivity contribution < 1.29 is 23.9 Å². The third-order valence-electron chi connectivity index (χ3n) is 9.40. The van der Waals surface area contributed by atoms with Gasteiger partial charge in [0, 0.05) is 31.4 Å². The molecule has 1 unspecified atom stereocenters. The van der Waals surface area contributed by atoms with Gasteiger partial charge in [-0.1, -0.05) is 36.4 Å². The molecule has 0 radical (unpaired) electrons. The second kappa shape index (κ2) is 7.31. The number of carbonyl (C=O) groups excluding carboxylic acids is 1. The molecule has 2 bridgehead atoms. The zero-order valence-corrected chi connectivity index (χ0v) is 19.7. The summed E-state index contributed by atoms with van der Waals surface area (Å²) in [5.74, 6) is 0.851. The summed E-state index contributed by atoms with van der Waals surface area (Å²) in [6.07, 6.45) is 4.36. The van der Waals surface area contributed by atoms with Gasteiger partial charge in [-0.15, -0.1) is 0 Å². The number of quaternary nitrogens is 1. The van der Waals surface area contributed by atoms with Crippen molar-refractivity contribution in [3.63, 3.8) is 0 Å². The molecule has 174 valence electrons. The number of likely N-dealkylation sites (tertiary alicyclic amines) is 1. The van der Waals surface area contributed by atoms with Gasteiger partial charge in [-0.2, -0.15) is 0 Å². The van der Waals surface area contributed by atoms with Crippen molar-refractivity contribution in [1.29, 1.82) is 0 Å². The van der Waals surface area contributed by atoms with Gasteiger partial charge in [0.05, 0.1) is 25.6 Å². The van der Waals surface area contributed by atoms with Crippen LogP contribution in [0.2, 0.25) is 0 Å². The number of rotatable bonds is 6. The van der Waals surface area contributed by atoms with E-state index in [1.807, 2.05) is 0 Å². The third-order valence-corrected chi connectivity index (χ3v) is 9.40. The maximum atomic E-state index is 13.3. The van der Waals surface area contributed by atoms with E-state index in [0.29, 0.717) is 18.8 Å². The van der Waals surface area contributed by atoms with Gasteiger partial charge in [0.25, 0.3) is 0 Å². The molecule has 2 fully saturated rings. The van der Waals surface area contributed by atoms with Crippen LogP contribution >= 0.6 is 0 Å². The highest BCUT2D eigenvalue weighted by molar-refractivity contribution is 5.90. The number of hydrogen-bond acceptors (Lipinski definition) is 4. The highest BCUT2D eigenvalue weighted by Crippen LogP contribution is 2.66. The van der Waals surface area contributed by atoms with Crippen LogP contribution in [0.3, 0.4) is 0 Å². The standard InChI is InChI=1S/C28H33NO4/c1-3-29(2)16-15-27-24-20-11-12-21(30)25(24)33-26(27)22(31)13-14-28(27,23(29)18-20)32-17-7-10-19-8-5-4-6-9-19/h4-6,8-9,11-12,23,26H,3,7,10,13-18H2,1-2H3/p+1/t23-,26+,27+,28-,29?/m1/s1. The summed E-state index contributed by atoms with van der Waals surface area (Å²) < 4.78 is 14.4. The average Bonchev–Trinajstić information content (AvgIpc) is 3.20. The molecule has 5 atom stereocenters. The lowest BCUT2D eigenvalue weighted by Gasteiger charge is -2.65. The molecule has 0 aromatic heterocycles. The van der Waals surface area contributed by atoms with Crippen LogP contribution in [0, 0.1) is 0 Å². The molecule has 4 aliphatic rings. The largest absolute Gasteiger partial charge is 0.504 e. The van der Waals surface area contributed by atoms with Gasteiger partial charge in [-0.25, -0.2) is 0 Å². The summed E-state index contributed by atoms with van der Waals surface area (Å²) in [5, 5.41) is 10.7. The fourth-order valence-corrected chi connectivity index (χ4v) is 7.64. The van der Waals surface area contributed by atoms with Crippen LogP contribution in [0.15, 0.2) is 42.5 Å². The van der Waals surface area contributed by atoms with Crippen molar-refractivity contribution in [1.82, 2.24) is 0 Å². The van der Waals surface area contributed by atoms with Crippen molar-refractivity contribution in [2.75, 3.05) is 26.7 Å². The van der Waals surface area contributed by atoms with Crippen LogP contribution in [-0.2, 0) is 27.8 Å². The molecular formula is C28H34NO4+. The Balaban J connectivity index is 1.43. The highest BCUT2D eigenvalue weighted by atomic mass is 16.5. The Hall–Kier alpha value is -2.37. The minimum absolute atomic E-state index is 0.153. The predicted molar refractivity (Wildman–Crippen MR) is 126 cm³/mol. The van der Waals surface area contributed by atoms with Gasteiger partial charge in [-0.05, 0) is 43.4 Å². The number of piperidine rings is 1. The van der Waals surface area contributed by atoms with Gasteiger partial charge in [0.2, 0.25) is 0 Å². The van der Waals surface area contributed by atoms with Crippen LogP contribution < -0.4 is 4.74 Å². The van der Waals surface area contributed by atoms with Gasteiger partial charge in [-0.3, -0.25) is 4.79 Å². The number of benzene rings is 2. The van der Waals surface area contributed by atoms with Gasteiger partial charge < -0.3 is 19.1 Å². The van der Waals surface area contributed by atoms with Crippen LogP contribution in [0.25, 0.3) is 0 Å².